The first kappa shape index (κ1) is 23.4. The van der Waals surface area contributed by atoms with E-state index in [1.165, 1.54) is 37.1 Å². The number of nitrogens with one attached hydrogen (secondary N) is 1. The molecule has 1 aliphatic carbocycles. The molecular weight excluding hydrogens is 436 g/mol. The number of hydrogen-bond donors (Lipinski definition) is 1. The zero-order valence-corrected chi connectivity index (χ0v) is 19.9. The minimum atomic E-state index is -3.79. The average molecular weight is 465 g/mol. The highest BCUT2D eigenvalue weighted by molar-refractivity contribution is 7.92. The van der Waals surface area contributed by atoms with Gasteiger partial charge in [0.2, 0.25) is 15.9 Å². The third kappa shape index (κ3) is 5.33. The van der Waals surface area contributed by atoms with Crippen LogP contribution in [0.3, 0.4) is 0 Å². The maximum Gasteiger partial charge on any atom is 0.244 e. The van der Waals surface area contributed by atoms with E-state index in [2.05, 4.69) is 17.4 Å². The Balaban J connectivity index is 1.85. The van der Waals surface area contributed by atoms with Gasteiger partial charge in [0.25, 0.3) is 0 Å². The van der Waals surface area contributed by atoms with Crippen molar-refractivity contribution >= 4 is 33.2 Å². The van der Waals surface area contributed by atoms with Crippen molar-refractivity contribution in [3.63, 3.8) is 0 Å². The molecule has 8 heteroatoms. The van der Waals surface area contributed by atoms with Gasteiger partial charge in [0, 0.05) is 5.02 Å². The molecule has 1 aliphatic rings. The standard InChI is InChI=1S/C23H29ClN2O4S/c1-15(18-10-9-17-7-5-6-8-19(17)13-18)25-23(27)16(2)26(31(4,28)29)21-14-20(24)11-12-22(21)30-3/h9-16H,5-8H2,1-4H3,(H,25,27)/t15-,16-/m1/s1. The fourth-order valence-corrected chi connectivity index (χ4v) is 5.39. The number of sulfonamides is 1. The maximum absolute atomic E-state index is 13.1. The van der Waals surface area contributed by atoms with Gasteiger partial charge in [-0.15, -0.1) is 0 Å². The molecular formula is C23H29ClN2O4S. The molecule has 0 bridgehead atoms. The molecule has 168 valence electrons. The average Bonchev–Trinajstić information content (AvgIpc) is 2.72. The summed E-state index contributed by atoms with van der Waals surface area (Å²) in [6, 6.07) is 9.73. The lowest BCUT2D eigenvalue weighted by atomic mass is 9.89. The normalized spacial score (nSPS) is 15.5. The van der Waals surface area contributed by atoms with Crippen molar-refractivity contribution in [3.05, 3.63) is 58.1 Å². The first-order valence-electron chi connectivity index (χ1n) is 10.4. The first-order chi connectivity index (χ1) is 14.6. The van der Waals surface area contributed by atoms with Gasteiger partial charge in [-0.2, -0.15) is 0 Å². The van der Waals surface area contributed by atoms with Crippen molar-refractivity contribution in [2.24, 2.45) is 0 Å². The summed E-state index contributed by atoms with van der Waals surface area (Å²) in [6.07, 6.45) is 5.60. The van der Waals surface area contributed by atoms with Crippen LogP contribution < -0.4 is 14.4 Å². The van der Waals surface area contributed by atoms with Gasteiger partial charge < -0.3 is 10.1 Å². The molecule has 0 spiro atoms. The number of rotatable bonds is 7. The number of carbonyl (C=O) groups is 1. The van der Waals surface area contributed by atoms with E-state index in [-0.39, 0.29) is 11.7 Å². The highest BCUT2D eigenvalue weighted by Crippen LogP contribution is 2.34. The number of benzene rings is 2. The first-order valence-corrected chi connectivity index (χ1v) is 12.6. The molecule has 0 aliphatic heterocycles. The number of ether oxygens (including phenoxy) is 1. The van der Waals surface area contributed by atoms with E-state index in [0.29, 0.717) is 10.8 Å². The summed E-state index contributed by atoms with van der Waals surface area (Å²) in [4.78, 5) is 13.1. The van der Waals surface area contributed by atoms with Crippen LogP contribution in [0.1, 0.15) is 49.4 Å². The molecule has 6 nitrogen and oxygen atoms in total. The van der Waals surface area contributed by atoms with E-state index in [4.69, 9.17) is 16.3 Å². The second-order valence-corrected chi connectivity index (χ2v) is 10.3. The molecule has 0 saturated carbocycles. The molecule has 0 heterocycles. The van der Waals surface area contributed by atoms with Crippen molar-refractivity contribution in [3.8, 4) is 5.75 Å². The van der Waals surface area contributed by atoms with Crippen LogP contribution in [0, 0.1) is 0 Å². The summed E-state index contributed by atoms with van der Waals surface area (Å²) in [6.45, 7) is 3.45. The predicted molar refractivity (Wildman–Crippen MR) is 124 cm³/mol. The number of carbonyl (C=O) groups excluding carboxylic acids is 1. The molecule has 2 aromatic rings. The molecule has 0 unspecified atom stereocenters. The number of fused-ring (bicyclic) bond motifs is 1. The van der Waals surface area contributed by atoms with Gasteiger partial charge in [-0.1, -0.05) is 29.8 Å². The Bertz CT molecular complexity index is 1070. The number of amides is 1. The number of halogens is 1. The maximum atomic E-state index is 13.1. The van der Waals surface area contributed by atoms with Gasteiger partial charge in [0.15, 0.2) is 0 Å². The zero-order valence-electron chi connectivity index (χ0n) is 18.3. The van der Waals surface area contributed by atoms with E-state index in [0.717, 1.165) is 29.0 Å². The van der Waals surface area contributed by atoms with Crippen molar-refractivity contribution in [2.75, 3.05) is 17.7 Å². The molecule has 0 saturated heterocycles. The Hall–Kier alpha value is -2.25. The minimum absolute atomic E-state index is 0.224. The van der Waals surface area contributed by atoms with Gasteiger partial charge in [-0.3, -0.25) is 9.10 Å². The van der Waals surface area contributed by atoms with Gasteiger partial charge in [-0.05, 0) is 74.4 Å². The van der Waals surface area contributed by atoms with E-state index >= 15 is 0 Å². The van der Waals surface area contributed by atoms with Gasteiger partial charge in [0.05, 0.1) is 25.1 Å². The highest BCUT2D eigenvalue weighted by atomic mass is 35.5. The minimum Gasteiger partial charge on any atom is -0.495 e. The summed E-state index contributed by atoms with van der Waals surface area (Å²) < 4.78 is 31.6. The lowest BCUT2D eigenvalue weighted by Gasteiger charge is -2.30. The van der Waals surface area contributed by atoms with Crippen LogP contribution in [0.25, 0.3) is 0 Å². The third-order valence-electron chi connectivity index (χ3n) is 5.70. The number of nitrogens with zero attached hydrogens (tertiary/aromatic N) is 1. The number of hydrogen-bond acceptors (Lipinski definition) is 4. The van der Waals surface area contributed by atoms with Gasteiger partial charge in [-0.25, -0.2) is 8.42 Å². The fraction of sp³-hybridized carbons (Fsp3) is 0.435. The zero-order chi connectivity index (χ0) is 22.8. The Labute approximate surface area is 189 Å². The Morgan fingerprint density at radius 3 is 2.42 bits per heavy atom. The SMILES string of the molecule is COc1ccc(Cl)cc1N([C@H](C)C(=O)N[C@H](C)c1ccc2c(c1)CCCC2)S(C)(=O)=O. The molecule has 31 heavy (non-hydrogen) atoms. The van der Waals surface area contributed by atoms with Crippen LogP contribution in [0.4, 0.5) is 5.69 Å². The van der Waals surface area contributed by atoms with E-state index in [1.54, 1.807) is 19.1 Å². The predicted octanol–water partition coefficient (Wildman–Crippen LogP) is 4.26. The lowest BCUT2D eigenvalue weighted by Crippen LogP contribution is -2.48. The van der Waals surface area contributed by atoms with Crippen molar-refractivity contribution in [1.29, 1.82) is 0 Å². The van der Waals surface area contributed by atoms with E-state index in [1.807, 2.05) is 13.0 Å². The summed E-state index contributed by atoms with van der Waals surface area (Å²) in [7, 11) is -2.35. The molecule has 0 fully saturated rings. The molecule has 0 aromatic heterocycles. The highest BCUT2D eigenvalue weighted by Gasteiger charge is 2.32. The summed E-state index contributed by atoms with van der Waals surface area (Å²) in [5.74, 6) is -0.0881. The molecule has 2 aromatic carbocycles. The van der Waals surface area contributed by atoms with E-state index in [9.17, 15) is 13.2 Å². The fourth-order valence-electron chi connectivity index (χ4n) is 4.06. The van der Waals surface area contributed by atoms with Crippen molar-refractivity contribution in [1.82, 2.24) is 5.32 Å². The van der Waals surface area contributed by atoms with Gasteiger partial charge >= 0.3 is 0 Å². The smallest absolute Gasteiger partial charge is 0.244 e. The van der Waals surface area contributed by atoms with Crippen LogP contribution in [-0.4, -0.2) is 33.7 Å². The largest absolute Gasteiger partial charge is 0.495 e. The summed E-state index contributed by atoms with van der Waals surface area (Å²) in [5.41, 5.74) is 3.94. The second kappa shape index (κ2) is 9.49. The molecule has 3 rings (SSSR count). The Morgan fingerprint density at radius 2 is 1.77 bits per heavy atom. The van der Waals surface area contributed by atoms with Crippen molar-refractivity contribution in [2.45, 2.75) is 51.6 Å². The second-order valence-electron chi connectivity index (χ2n) is 8.02. The number of aryl methyl sites for hydroxylation is 2. The third-order valence-corrected chi connectivity index (χ3v) is 7.16. The number of anilines is 1. The van der Waals surface area contributed by atoms with Gasteiger partial charge in [0.1, 0.15) is 11.8 Å². The van der Waals surface area contributed by atoms with Crippen LogP contribution in [0.2, 0.25) is 5.02 Å². The van der Waals surface area contributed by atoms with Crippen LogP contribution in [-0.2, 0) is 27.7 Å². The van der Waals surface area contributed by atoms with Crippen molar-refractivity contribution < 1.29 is 17.9 Å². The summed E-state index contributed by atoms with van der Waals surface area (Å²) in [5, 5.41) is 3.31. The summed E-state index contributed by atoms with van der Waals surface area (Å²) >= 11 is 6.10. The topological polar surface area (TPSA) is 75.7 Å². The Kier molecular flexibility index (Phi) is 7.17. The Morgan fingerprint density at radius 1 is 1.10 bits per heavy atom. The lowest BCUT2D eigenvalue weighted by molar-refractivity contribution is -0.122. The van der Waals surface area contributed by atoms with E-state index < -0.39 is 22.0 Å². The quantitative estimate of drug-likeness (QED) is 0.664. The van der Waals surface area contributed by atoms with Crippen LogP contribution in [0.15, 0.2) is 36.4 Å². The number of methoxy groups -OCH3 is 1. The molecule has 0 radical (unpaired) electrons. The monoisotopic (exact) mass is 464 g/mol. The van der Waals surface area contributed by atoms with Crippen LogP contribution >= 0.6 is 11.6 Å². The molecule has 1 amide bonds. The molecule has 2 atom stereocenters. The van der Waals surface area contributed by atoms with Crippen LogP contribution in [0.5, 0.6) is 5.75 Å². The molecule has 1 N–H and O–H groups in total.